The lowest BCUT2D eigenvalue weighted by Gasteiger charge is -2.27. The van der Waals surface area contributed by atoms with Crippen LogP contribution >= 0.6 is 11.6 Å². The van der Waals surface area contributed by atoms with Gasteiger partial charge in [0.05, 0.1) is 68.8 Å². The third-order valence-corrected chi connectivity index (χ3v) is 18.4. The number of carboxylic acids is 1. The Hall–Kier alpha value is -10.3. The van der Waals surface area contributed by atoms with Crippen molar-refractivity contribution in [1.29, 1.82) is 0 Å². The Morgan fingerprint density at radius 3 is 2.21 bits per heavy atom. The quantitative estimate of drug-likeness (QED) is 0.0114. The first kappa shape index (κ1) is 73.0. The number of unbranched alkanes of at least 4 members (excludes halogenated alkanes) is 1. The molecule has 5 aromatic carbocycles. The van der Waals surface area contributed by atoms with E-state index in [2.05, 4.69) is 37.2 Å². The molecule has 9 N–H and O–H groups in total. The second-order valence-corrected chi connectivity index (χ2v) is 24.9. The van der Waals surface area contributed by atoms with E-state index in [4.69, 9.17) is 35.9 Å². The van der Waals surface area contributed by atoms with Gasteiger partial charge >= 0.3 is 5.97 Å². The molecule has 9 rings (SSSR count). The summed E-state index contributed by atoms with van der Waals surface area (Å²) >= 11 is 6.43. The number of hydrogen-bond donors (Lipinski definition) is 9. The number of rotatable bonds is 33. The molecule has 524 valence electrons. The number of ether oxygens (including phenoxy) is 3. The van der Waals surface area contributed by atoms with Crippen LogP contribution in [0.4, 0.5) is 17.1 Å². The maximum atomic E-state index is 14.1. The molecule has 99 heavy (non-hydrogen) atoms. The van der Waals surface area contributed by atoms with Gasteiger partial charge in [0.2, 0.25) is 47.3 Å². The third-order valence-electron chi connectivity index (χ3n) is 18.0. The zero-order valence-electron chi connectivity index (χ0n) is 55.7. The number of alkyl halides is 1. The number of nitrogens with zero attached hydrogens (tertiary/aromatic N) is 4. The molecular formula is C71H82ClN11O16. The Labute approximate surface area is 576 Å². The number of carbonyl (C=O) groups excluding carboxylic acids is 10. The monoisotopic (exact) mass is 1380 g/mol. The number of phenols is 1. The molecule has 0 aliphatic carbocycles. The normalized spacial score (nSPS) is 17.0. The molecule has 6 atom stereocenters. The molecule has 4 aliphatic heterocycles. The topological polar surface area (TPSA) is 362 Å². The number of methoxy groups -OCH3 is 1. The van der Waals surface area contributed by atoms with Crippen LogP contribution in [0, 0.1) is 18.8 Å². The second-order valence-electron chi connectivity index (χ2n) is 24.6. The van der Waals surface area contributed by atoms with Gasteiger partial charge in [-0.15, -0.1) is 11.6 Å². The fourth-order valence-electron chi connectivity index (χ4n) is 12.7. The first-order valence-electron chi connectivity index (χ1n) is 32.9. The maximum Gasteiger partial charge on any atom is 0.317 e. The summed E-state index contributed by atoms with van der Waals surface area (Å²) in [7, 11) is 1.49. The van der Waals surface area contributed by atoms with Crippen molar-refractivity contribution in [1.82, 2.24) is 41.7 Å². The first-order chi connectivity index (χ1) is 47.6. The first-order valence-corrected chi connectivity index (χ1v) is 33.4. The van der Waals surface area contributed by atoms with Crippen molar-refractivity contribution >= 4 is 116 Å². The number of carbonyl (C=O) groups is 11. The third kappa shape index (κ3) is 17.9. The highest BCUT2D eigenvalue weighted by Crippen LogP contribution is 2.47. The van der Waals surface area contributed by atoms with Crippen molar-refractivity contribution in [3.05, 3.63) is 125 Å². The number of imide groups is 1. The van der Waals surface area contributed by atoms with Crippen LogP contribution in [0.1, 0.15) is 104 Å². The number of aliphatic imine (C=N–C) groups is 1. The van der Waals surface area contributed by atoms with Crippen LogP contribution in [0.15, 0.2) is 102 Å². The lowest BCUT2D eigenvalue weighted by atomic mass is 9.86. The number of amides is 10. The van der Waals surface area contributed by atoms with Crippen molar-refractivity contribution in [3.63, 3.8) is 0 Å². The summed E-state index contributed by atoms with van der Waals surface area (Å²) in [4.78, 5) is 153. The molecular weight excluding hydrogens is 1300 g/mol. The molecule has 0 bridgehead atoms. The Morgan fingerprint density at radius 1 is 0.788 bits per heavy atom. The predicted octanol–water partition coefficient (Wildman–Crippen LogP) is 5.10. The van der Waals surface area contributed by atoms with Crippen molar-refractivity contribution in [2.24, 2.45) is 16.8 Å². The summed E-state index contributed by atoms with van der Waals surface area (Å²) in [5.74, 6) is -6.90. The van der Waals surface area contributed by atoms with E-state index in [0.29, 0.717) is 84.2 Å². The zero-order valence-corrected chi connectivity index (χ0v) is 56.4. The summed E-state index contributed by atoms with van der Waals surface area (Å²) in [6.45, 7) is 4.69. The van der Waals surface area contributed by atoms with Crippen molar-refractivity contribution in [2.45, 2.75) is 109 Å². The molecule has 4 aliphatic rings. The van der Waals surface area contributed by atoms with Crippen molar-refractivity contribution < 1.29 is 77.2 Å². The second kappa shape index (κ2) is 33.8. The molecule has 2 unspecified atom stereocenters. The van der Waals surface area contributed by atoms with Gasteiger partial charge in [-0.3, -0.25) is 62.6 Å². The van der Waals surface area contributed by atoms with Crippen molar-refractivity contribution in [3.8, 4) is 17.2 Å². The van der Waals surface area contributed by atoms with E-state index in [1.807, 2.05) is 51.1 Å². The maximum absolute atomic E-state index is 14.1. The van der Waals surface area contributed by atoms with E-state index in [-0.39, 0.29) is 55.3 Å². The fourth-order valence-corrected chi connectivity index (χ4v) is 12.9. The van der Waals surface area contributed by atoms with Gasteiger partial charge in [0.25, 0.3) is 11.8 Å². The Bertz CT molecular complexity index is 3960. The Morgan fingerprint density at radius 2 is 1.51 bits per heavy atom. The molecule has 0 aromatic heterocycles. The molecule has 0 spiro atoms. The van der Waals surface area contributed by atoms with Crippen LogP contribution < -0.4 is 51.6 Å². The summed E-state index contributed by atoms with van der Waals surface area (Å²) in [5.41, 5.74) is 6.18. The summed E-state index contributed by atoms with van der Waals surface area (Å²) in [6, 6.07) is 23.3. The number of anilines is 2. The van der Waals surface area contributed by atoms with Crippen LogP contribution in [0.25, 0.3) is 16.3 Å². The molecule has 28 heteroatoms. The van der Waals surface area contributed by atoms with Gasteiger partial charge in [-0.25, -0.2) is 0 Å². The van der Waals surface area contributed by atoms with Gasteiger partial charge in [0.15, 0.2) is 11.5 Å². The van der Waals surface area contributed by atoms with Gasteiger partial charge in [0.1, 0.15) is 30.7 Å². The standard InChI is InChI=1S/C71H82ClN11O16/c1-6-43(7-2)50-27-63(89)83(71(50)96)55(32-73-36-64(90)91)69(94)77-33-59(85)75-35-61(87)80-53(24-42-15-9-8-10-16-42)68(93)76-34-60(86)78-39-99-41(4)67(92)79-47-21-19-44(20-22-47)45-25-48-31-74-52-28-58(57(97-5)26-51(52)70(95)81(48)37-45)98-23-12-11-18-62(88)82-38-46(30-72)66-54(82)29-56(84)49-17-13-14-40(3)65(49)66/h8-10,13-17,19-22,26,28-29,31,37,41,43,46,48,50,53,55,73,84H,6-7,11-12,18,23-25,27,30,32-36,38-39H2,1-5H3,(H,75,85)(H,76,93)(H,77,94)(H,78,86)(H,79,92)(H,80,87)(H,90,91)/t41-,46+,48-,50?,53-,55?/m0/s1. The minimum absolute atomic E-state index is 0.0127. The smallest absolute Gasteiger partial charge is 0.317 e. The van der Waals surface area contributed by atoms with Crippen LogP contribution in [0.2, 0.25) is 0 Å². The highest BCUT2D eigenvalue weighted by Gasteiger charge is 2.47. The molecule has 0 saturated carbocycles. The number of carboxylic acid groups (broad SMARTS) is 1. The average Bonchev–Trinajstić information content (AvgIpc) is 1.63. The number of hydrogen-bond acceptors (Lipinski definition) is 17. The van der Waals surface area contributed by atoms with Crippen LogP contribution in [-0.4, -0.2) is 181 Å². The summed E-state index contributed by atoms with van der Waals surface area (Å²) < 4.78 is 17.4. The molecule has 1 fully saturated rings. The molecule has 27 nitrogen and oxygen atoms in total. The van der Waals surface area contributed by atoms with E-state index >= 15 is 0 Å². The molecule has 0 radical (unpaired) electrons. The Kier molecular flexibility index (Phi) is 24.9. The highest BCUT2D eigenvalue weighted by atomic mass is 35.5. The van der Waals surface area contributed by atoms with E-state index in [9.17, 15) is 57.8 Å². The molecule has 1 saturated heterocycles. The van der Waals surface area contributed by atoms with E-state index < -0.39 is 123 Å². The predicted molar refractivity (Wildman–Crippen MR) is 367 cm³/mol. The summed E-state index contributed by atoms with van der Waals surface area (Å²) in [6.07, 6.45) is 5.36. The highest BCUT2D eigenvalue weighted by molar-refractivity contribution is 6.19. The number of nitrogens with one attached hydrogen (secondary N) is 7. The van der Waals surface area contributed by atoms with Crippen LogP contribution in [-0.2, 0) is 59.1 Å². The van der Waals surface area contributed by atoms with Crippen molar-refractivity contribution in [2.75, 3.05) is 75.8 Å². The SMILES string of the molecule is CCC(CC)C1CC(=O)N(C(CNCC(=O)O)C(=O)NCC(=O)NCC(=O)N[C@@H](Cc2ccccc2)C(=O)NCC(=O)NCO[C@@H](C)C(=O)Nc2ccc(C3=CN4C(=O)c5cc(OC)c(OCCCCC(=O)N6C[C@@H](CCl)c7c6cc(O)c6cccc(C)c76)cc5N=C[C@@H]4C3)cc2)C1=O. The summed E-state index contributed by atoms with van der Waals surface area (Å²) in [5, 5.41) is 39.2. The lowest BCUT2D eigenvalue weighted by Crippen LogP contribution is -2.56. The van der Waals surface area contributed by atoms with Crippen LogP contribution in [0.5, 0.6) is 17.2 Å². The van der Waals surface area contributed by atoms with E-state index in [0.717, 1.165) is 37.9 Å². The van der Waals surface area contributed by atoms with Gasteiger partial charge in [0, 0.05) is 86.2 Å². The molecule has 10 amide bonds. The van der Waals surface area contributed by atoms with Gasteiger partial charge in [-0.2, -0.15) is 0 Å². The number of aryl methyl sites for hydroxylation is 1. The van der Waals surface area contributed by atoms with Gasteiger partial charge in [-0.05, 0) is 84.0 Å². The number of likely N-dealkylation sites (tertiary alicyclic amines) is 1. The molecule has 5 aromatic rings. The fraction of sp³-hybridized carbons (Fsp3) is 0.408. The largest absolute Gasteiger partial charge is 0.507 e. The lowest BCUT2D eigenvalue weighted by molar-refractivity contribution is -0.148. The number of fused-ring (bicyclic) bond motifs is 5. The van der Waals surface area contributed by atoms with Gasteiger partial charge in [-0.1, -0.05) is 87.4 Å². The van der Waals surface area contributed by atoms with E-state index in [1.165, 1.54) is 14.0 Å². The zero-order chi connectivity index (χ0) is 71.0. The number of aliphatic carboxylic acids is 1. The number of benzene rings is 5. The number of aromatic hydroxyl groups is 1. The average molecular weight is 1380 g/mol. The number of phenolic OH excluding ortho intramolecular Hbond substituents is 1. The minimum Gasteiger partial charge on any atom is -0.507 e. The van der Waals surface area contributed by atoms with Crippen LogP contribution in [0.3, 0.4) is 0 Å². The van der Waals surface area contributed by atoms with E-state index in [1.54, 1.807) is 82.9 Å². The molecule has 4 heterocycles. The Balaban J connectivity index is 0.692. The van der Waals surface area contributed by atoms with Gasteiger partial charge < -0.3 is 71.4 Å². The minimum atomic E-state index is -1.47. The number of halogens is 1.